The predicted molar refractivity (Wildman–Crippen MR) is 212 cm³/mol. The average Bonchev–Trinajstić information content (AvgIpc) is 3.85. The van der Waals surface area contributed by atoms with Crippen LogP contribution in [0.4, 0.5) is 0 Å². The number of rotatable bonds is 4. The van der Waals surface area contributed by atoms with E-state index in [4.69, 9.17) is 9.97 Å². The van der Waals surface area contributed by atoms with Crippen molar-refractivity contribution < 1.29 is 0 Å². The highest BCUT2D eigenvalue weighted by atomic mass is 32.1. The molecule has 0 amide bonds. The van der Waals surface area contributed by atoms with Crippen molar-refractivity contribution in [1.82, 2.24) is 14.5 Å². The number of hydrogen-bond acceptors (Lipinski definition) is 3. The van der Waals surface area contributed by atoms with Crippen molar-refractivity contribution in [2.24, 2.45) is 0 Å². The molecule has 0 unspecified atom stereocenters. The number of benzene rings is 7. The summed E-state index contributed by atoms with van der Waals surface area (Å²) in [5.74, 6) is 0.678. The van der Waals surface area contributed by atoms with Crippen LogP contribution in [-0.4, -0.2) is 14.5 Å². The standard InChI is InChI=1S/C47H29N3S/c1-4-16-30(17-5-1)42-36-24-11-14-26-39(36)48-46(49-42)50-40-27-15-12-22-33(40)34-28-29-37-41-35-23-10-13-25-38(35)47(31-18-6-2-7-19-31,32-20-8-3-9-21-32)45(41)51-44(37)43(34)50/h1-29H. The molecular formula is C47H29N3S. The first-order valence-corrected chi connectivity index (χ1v) is 18.2. The number of aromatic nitrogens is 3. The van der Waals surface area contributed by atoms with Gasteiger partial charge >= 0.3 is 0 Å². The van der Waals surface area contributed by atoms with E-state index in [1.54, 1.807) is 0 Å². The van der Waals surface area contributed by atoms with E-state index in [0.29, 0.717) is 5.95 Å². The fourth-order valence-corrected chi connectivity index (χ4v) is 10.2. The topological polar surface area (TPSA) is 30.7 Å². The SMILES string of the molecule is c1ccc(-c2nc(-n3c4ccccc4c4ccc5c6c(sc5c43)C(c3ccccc3)(c3ccccc3)c3ccccc3-6)nc3ccccc23)cc1. The van der Waals surface area contributed by atoms with Crippen molar-refractivity contribution >= 4 is 54.1 Å². The minimum absolute atomic E-state index is 0.457. The Bertz CT molecular complexity index is 2920. The van der Waals surface area contributed by atoms with Crippen LogP contribution in [0.15, 0.2) is 176 Å². The van der Waals surface area contributed by atoms with E-state index in [0.717, 1.165) is 33.2 Å². The van der Waals surface area contributed by atoms with Crippen LogP contribution in [0, 0.1) is 0 Å². The van der Waals surface area contributed by atoms with Crippen molar-refractivity contribution in [3.63, 3.8) is 0 Å². The third kappa shape index (κ3) is 3.88. The highest BCUT2D eigenvalue weighted by molar-refractivity contribution is 7.21. The van der Waals surface area contributed by atoms with E-state index in [1.165, 1.54) is 53.6 Å². The minimum Gasteiger partial charge on any atom is -0.276 e. The third-order valence-corrected chi connectivity index (χ3v) is 12.0. The Morgan fingerprint density at radius 1 is 0.490 bits per heavy atom. The second kappa shape index (κ2) is 10.8. The molecule has 0 aliphatic heterocycles. The van der Waals surface area contributed by atoms with Gasteiger partial charge in [0.15, 0.2) is 0 Å². The number of para-hydroxylation sites is 2. The summed E-state index contributed by atoms with van der Waals surface area (Å²) >= 11 is 1.92. The van der Waals surface area contributed by atoms with E-state index >= 15 is 0 Å². The van der Waals surface area contributed by atoms with Gasteiger partial charge in [-0.05, 0) is 34.4 Å². The molecule has 0 saturated heterocycles. The molecule has 0 atom stereocenters. The highest BCUT2D eigenvalue weighted by Crippen LogP contribution is 2.61. The van der Waals surface area contributed by atoms with Gasteiger partial charge in [-0.15, -0.1) is 11.3 Å². The normalized spacial score (nSPS) is 13.3. The van der Waals surface area contributed by atoms with Crippen molar-refractivity contribution in [3.05, 3.63) is 197 Å². The lowest BCUT2D eigenvalue weighted by Crippen LogP contribution is -2.27. The molecule has 1 aliphatic carbocycles. The van der Waals surface area contributed by atoms with Crippen LogP contribution in [-0.2, 0) is 5.41 Å². The first kappa shape index (κ1) is 28.5. The minimum atomic E-state index is -0.457. The zero-order valence-electron chi connectivity index (χ0n) is 27.5. The lowest BCUT2D eigenvalue weighted by atomic mass is 9.71. The molecule has 0 fully saturated rings. The molecule has 10 aromatic rings. The Balaban J connectivity index is 1.30. The Hall–Kier alpha value is -6.36. The van der Waals surface area contributed by atoms with Crippen LogP contribution >= 0.6 is 11.3 Å². The lowest BCUT2D eigenvalue weighted by Gasteiger charge is -2.32. The molecule has 51 heavy (non-hydrogen) atoms. The molecule has 238 valence electrons. The zero-order valence-corrected chi connectivity index (χ0v) is 28.3. The molecule has 0 N–H and O–H groups in total. The van der Waals surface area contributed by atoms with Gasteiger partial charge in [0.05, 0.1) is 32.4 Å². The molecule has 3 nitrogen and oxygen atoms in total. The van der Waals surface area contributed by atoms with E-state index in [1.807, 2.05) is 11.3 Å². The fraction of sp³-hybridized carbons (Fsp3) is 0.0213. The summed E-state index contributed by atoms with van der Waals surface area (Å²) in [6.07, 6.45) is 0. The Morgan fingerprint density at radius 3 is 1.86 bits per heavy atom. The van der Waals surface area contributed by atoms with Crippen molar-refractivity contribution in [1.29, 1.82) is 0 Å². The maximum atomic E-state index is 5.40. The quantitative estimate of drug-likeness (QED) is 0.187. The Kier molecular flexibility index (Phi) is 6.04. The molecule has 0 saturated carbocycles. The van der Waals surface area contributed by atoms with E-state index in [2.05, 4.69) is 180 Å². The molecule has 7 aromatic carbocycles. The maximum Gasteiger partial charge on any atom is 0.235 e. The van der Waals surface area contributed by atoms with Gasteiger partial charge in [0, 0.05) is 37.5 Å². The summed E-state index contributed by atoms with van der Waals surface area (Å²) in [5, 5.41) is 4.70. The van der Waals surface area contributed by atoms with Crippen molar-refractivity contribution in [2.75, 3.05) is 0 Å². The second-order valence-electron chi connectivity index (χ2n) is 13.3. The van der Waals surface area contributed by atoms with E-state index < -0.39 is 5.41 Å². The van der Waals surface area contributed by atoms with Crippen LogP contribution in [0.5, 0.6) is 0 Å². The first-order valence-electron chi connectivity index (χ1n) is 17.3. The van der Waals surface area contributed by atoms with Crippen LogP contribution < -0.4 is 0 Å². The molecule has 0 bridgehead atoms. The largest absolute Gasteiger partial charge is 0.276 e. The molecule has 0 radical (unpaired) electrons. The van der Waals surface area contributed by atoms with Gasteiger partial charge in [-0.1, -0.05) is 164 Å². The smallest absolute Gasteiger partial charge is 0.235 e. The zero-order chi connectivity index (χ0) is 33.5. The van der Waals surface area contributed by atoms with Crippen LogP contribution in [0.1, 0.15) is 21.6 Å². The number of hydrogen-bond donors (Lipinski definition) is 0. The van der Waals surface area contributed by atoms with E-state index in [9.17, 15) is 0 Å². The first-order chi connectivity index (χ1) is 25.3. The lowest BCUT2D eigenvalue weighted by molar-refractivity contribution is 0.785. The second-order valence-corrected chi connectivity index (χ2v) is 14.3. The molecular weight excluding hydrogens is 639 g/mol. The fourth-order valence-electron chi connectivity index (χ4n) is 8.59. The number of fused-ring (bicyclic) bond motifs is 10. The Morgan fingerprint density at radius 2 is 1.10 bits per heavy atom. The number of thiophene rings is 1. The predicted octanol–water partition coefficient (Wildman–Crippen LogP) is 12.0. The van der Waals surface area contributed by atoms with Gasteiger partial charge in [-0.25, -0.2) is 9.97 Å². The van der Waals surface area contributed by atoms with Gasteiger partial charge < -0.3 is 0 Å². The van der Waals surface area contributed by atoms with Crippen molar-refractivity contribution in [2.45, 2.75) is 5.41 Å². The van der Waals surface area contributed by atoms with Crippen LogP contribution in [0.25, 0.3) is 71.1 Å². The summed E-state index contributed by atoms with van der Waals surface area (Å²) in [6.45, 7) is 0. The Labute approximate surface area is 298 Å². The molecule has 4 heteroatoms. The average molecular weight is 668 g/mol. The monoisotopic (exact) mass is 667 g/mol. The summed E-state index contributed by atoms with van der Waals surface area (Å²) in [6, 6.07) is 63.3. The van der Waals surface area contributed by atoms with Gasteiger partial charge in [0.2, 0.25) is 5.95 Å². The van der Waals surface area contributed by atoms with Gasteiger partial charge in [0.1, 0.15) is 0 Å². The van der Waals surface area contributed by atoms with Crippen LogP contribution in [0.3, 0.4) is 0 Å². The van der Waals surface area contributed by atoms with Gasteiger partial charge in [-0.3, -0.25) is 4.57 Å². The van der Waals surface area contributed by atoms with Gasteiger partial charge in [-0.2, -0.15) is 0 Å². The van der Waals surface area contributed by atoms with Gasteiger partial charge in [0.25, 0.3) is 0 Å². The molecule has 1 aliphatic rings. The molecule has 11 rings (SSSR count). The highest BCUT2D eigenvalue weighted by Gasteiger charge is 2.48. The summed E-state index contributed by atoms with van der Waals surface area (Å²) in [5.41, 5.74) is 11.2. The molecule has 3 heterocycles. The molecule has 0 spiro atoms. The third-order valence-electron chi connectivity index (χ3n) is 10.7. The number of nitrogens with zero attached hydrogens (tertiary/aromatic N) is 3. The van der Waals surface area contributed by atoms with E-state index in [-0.39, 0.29) is 0 Å². The maximum absolute atomic E-state index is 5.40. The summed E-state index contributed by atoms with van der Waals surface area (Å²) < 4.78 is 3.56. The van der Waals surface area contributed by atoms with Crippen LogP contribution in [0.2, 0.25) is 0 Å². The molecule has 3 aromatic heterocycles. The summed E-state index contributed by atoms with van der Waals surface area (Å²) in [4.78, 5) is 12.0. The van der Waals surface area contributed by atoms with Crippen molar-refractivity contribution in [3.8, 4) is 28.3 Å². The summed E-state index contributed by atoms with van der Waals surface area (Å²) in [7, 11) is 0.